The molecule has 0 spiro atoms. The number of carboxylic acids is 2. The third-order valence-electron chi connectivity index (χ3n) is 4.41. The minimum Gasteiger partial charge on any atom is -1.00 e. The van der Waals surface area contributed by atoms with Gasteiger partial charge in [0.25, 0.3) is 11.8 Å². The molecule has 0 fully saturated rings. The SMILES string of the molecule is O=C(Nc1ccccc1C(=O)O)C(=Cc1ccccc1)C(=O)Nc1ccccc1C(=O)O.[Ca+2].[H-].[H-]. The zero-order chi connectivity index (χ0) is 23.1. The second-order valence-electron chi connectivity index (χ2n) is 6.58. The molecule has 3 aromatic rings. The zero-order valence-corrected chi connectivity index (χ0v) is 19.5. The van der Waals surface area contributed by atoms with Crippen molar-refractivity contribution >= 4 is 78.9 Å². The average Bonchev–Trinajstić information content (AvgIpc) is 2.78. The Bertz CT molecular complexity index is 1160. The molecule has 8 nitrogen and oxygen atoms in total. The zero-order valence-electron chi connectivity index (χ0n) is 19.3. The molecular weight excluding hydrogens is 452 g/mol. The van der Waals surface area contributed by atoms with Gasteiger partial charge in [-0.25, -0.2) is 9.59 Å². The van der Waals surface area contributed by atoms with Gasteiger partial charge in [-0.2, -0.15) is 0 Å². The van der Waals surface area contributed by atoms with E-state index in [4.69, 9.17) is 0 Å². The number of anilines is 2. The van der Waals surface area contributed by atoms with E-state index in [2.05, 4.69) is 10.6 Å². The van der Waals surface area contributed by atoms with Crippen LogP contribution in [0.2, 0.25) is 0 Å². The summed E-state index contributed by atoms with van der Waals surface area (Å²) in [4.78, 5) is 48.9. The van der Waals surface area contributed by atoms with E-state index < -0.39 is 23.8 Å². The average molecular weight is 473 g/mol. The molecule has 0 saturated carbocycles. The van der Waals surface area contributed by atoms with Crippen LogP contribution >= 0.6 is 0 Å². The summed E-state index contributed by atoms with van der Waals surface area (Å²) < 4.78 is 0. The van der Waals surface area contributed by atoms with Crippen molar-refractivity contribution < 1.29 is 32.2 Å². The van der Waals surface area contributed by atoms with Gasteiger partial charge in [-0.15, -0.1) is 0 Å². The first kappa shape index (κ1) is 25.8. The van der Waals surface area contributed by atoms with Gasteiger partial charge in [0.15, 0.2) is 0 Å². The van der Waals surface area contributed by atoms with Crippen LogP contribution in [-0.4, -0.2) is 71.7 Å². The van der Waals surface area contributed by atoms with Crippen LogP contribution in [0.15, 0.2) is 84.4 Å². The Morgan fingerprint density at radius 3 is 1.45 bits per heavy atom. The molecule has 4 N–H and O–H groups in total. The molecule has 2 amide bonds. The van der Waals surface area contributed by atoms with Crippen LogP contribution in [0.25, 0.3) is 6.08 Å². The van der Waals surface area contributed by atoms with Crippen LogP contribution in [0.1, 0.15) is 29.1 Å². The number of para-hydroxylation sites is 2. The number of amides is 2. The van der Waals surface area contributed by atoms with Crippen molar-refractivity contribution in [1.29, 1.82) is 0 Å². The van der Waals surface area contributed by atoms with Crippen LogP contribution in [0.5, 0.6) is 0 Å². The van der Waals surface area contributed by atoms with Crippen LogP contribution in [0, 0.1) is 0 Å². The van der Waals surface area contributed by atoms with E-state index in [0.29, 0.717) is 5.56 Å². The van der Waals surface area contributed by atoms with Gasteiger partial charge in [-0.3, -0.25) is 9.59 Å². The molecule has 0 unspecified atom stereocenters. The molecule has 0 aromatic heterocycles. The van der Waals surface area contributed by atoms with Gasteiger partial charge in [-0.05, 0) is 35.9 Å². The Balaban J connectivity index is 0.00000385. The molecule has 0 aliphatic heterocycles. The minimum absolute atomic E-state index is 0. The number of carboxylic acid groups (broad SMARTS) is 2. The van der Waals surface area contributed by atoms with Crippen LogP contribution in [0.3, 0.4) is 0 Å². The number of rotatable bonds is 7. The number of hydrogen-bond donors (Lipinski definition) is 4. The third kappa shape index (κ3) is 6.76. The molecule has 0 bridgehead atoms. The van der Waals surface area contributed by atoms with Crippen molar-refractivity contribution in [2.75, 3.05) is 10.6 Å². The third-order valence-corrected chi connectivity index (χ3v) is 4.41. The Morgan fingerprint density at radius 1 is 0.636 bits per heavy atom. The summed E-state index contributed by atoms with van der Waals surface area (Å²) in [6.07, 6.45) is 1.33. The molecule has 164 valence electrons. The molecule has 3 aromatic carbocycles. The summed E-state index contributed by atoms with van der Waals surface area (Å²) >= 11 is 0. The first-order valence-corrected chi connectivity index (χ1v) is 9.41. The fourth-order valence-corrected chi connectivity index (χ4v) is 2.89. The van der Waals surface area contributed by atoms with Crippen molar-refractivity contribution in [3.8, 4) is 0 Å². The van der Waals surface area contributed by atoms with Crippen molar-refractivity contribution in [2.24, 2.45) is 0 Å². The van der Waals surface area contributed by atoms with Gasteiger partial charge in [0.05, 0.1) is 22.5 Å². The molecule has 3 rings (SSSR count). The number of aromatic carboxylic acids is 2. The molecular formula is C24H20CaN2O6. The summed E-state index contributed by atoms with van der Waals surface area (Å²) in [5.41, 5.74) is -0.0408. The predicted molar refractivity (Wildman–Crippen MR) is 126 cm³/mol. The Morgan fingerprint density at radius 2 is 1.03 bits per heavy atom. The number of carbonyl (C=O) groups is 4. The summed E-state index contributed by atoms with van der Waals surface area (Å²) in [5.74, 6) is -4.19. The predicted octanol–water partition coefficient (Wildman–Crippen LogP) is 3.59. The van der Waals surface area contributed by atoms with Gasteiger partial charge < -0.3 is 23.7 Å². The maximum Gasteiger partial charge on any atom is 2.00 e. The van der Waals surface area contributed by atoms with E-state index in [9.17, 15) is 29.4 Å². The largest absolute Gasteiger partial charge is 2.00 e. The summed E-state index contributed by atoms with van der Waals surface area (Å²) in [7, 11) is 0. The second-order valence-corrected chi connectivity index (χ2v) is 6.58. The monoisotopic (exact) mass is 472 g/mol. The van der Waals surface area contributed by atoms with Crippen LogP contribution in [-0.2, 0) is 9.59 Å². The summed E-state index contributed by atoms with van der Waals surface area (Å²) in [6.45, 7) is 0. The first-order chi connectivity index (χ1) is 15.4. The second kappa shape index (κ2) is 12.0. The van der Waals surface area contributed by atoms with Gasteiger partial charge >= 0.3 is 49.7 Å². The summed E-state index contributed by atoms with van der Waals surface area (Å²) in [6, 6.07) is 20.1. The maximum atomic E-state index is 13.0. The van der Waals surface area contributed by atoms with E-state index in [-0.39, 0.29) is 68.7 Å². The van der Waals surface area contributed by atoms with Crippen LogP contribution < -0.4 is 10.6 Å². The molecule has 9 heteroatoms. The van der Waals surface area contributed by atoms with Gasteiger partial charge in [0.1, 0.15) is 5.57 Å². The van der Waals surface area contributed by atoms with E-state index in [1.165, 1.54) is 42.5 Å². The maximum absolute atomic E-state index is 13.0. The van der Waals surface area contributed by atoms with E-state index >= 15 is 0 Å². The van der Waals surface area contributed by atoms with Crippen molar-refractivity contribution in [2.45, 2.75) is 0 Å². The van der Waals surface area contributed by atoms with Gasteiger partial charge in [0.2, 0.25) is 0 Å². The topological polar surface area (TPSA) is 133 Å². The quantitative estimate of drug-likeness (QED) is 0.180. The standard InChI is InChI=1S/C24H18N2O6.Ca.2H/c27-21(25-19-12-6-4-10-16(19)23(29)30)18(14-15-8-2-1-3-9-15)22(28)26-20-13-7-5-11-17(20)24(31)32;;;/h1-14H,(H,25,27)(H,26,28)(H,29,30)(H,31,32);;;/q;+2;2*-1. The molecule has 0 saturated heterocycles. The number of benzene rings is 3. The summed E-state index contributed by atoms with van der Waals surface area (Å²) in [5, 5.41) is 23.6. The molecule has 0 aliphatic carbocycles. The fraction of sp³-hybridized carbons (Fsp3) is 0. The molecule has 0 atom stereocenters. The minimum atomic E-state index is -1.24. The number of nitrogens with one attached hydrogen (secondary N) is 2. The van der Waals surface area contributed by atoms with E-state index in [0.717, 1.165) is 0 Å². The Labute approximate surface area is 221 Å². The molecule has 0 heterocycles. The van der Waals surface area contributed by atoms with E-state index in [1.54, 1.807) is 42.5 Å². The van der Waals surface area contributed by atoms with Crippen molar-refractivity contribution in [3.63, 3.8) is 0 Å². The Hall–Kier alpha value is -3.46. The molecule has 0 radical (unpaired) electrons. The van der Waals surface area contributed by atoms with Gasteiger partial charge in [0, 0.05) is 0 Å². The first-order valence-electron chi connectivity index (χ1n) is 9.41. The normalized spacial score (nSPS) is 9.70. The van der Waals surface area contributed by atoms with Crippen LogP contribution in [0.4, 0.5) is 11.4 Å². The number of hydrogen-bond acceptors (Lipinski definition) is 4. The van der Waals surface area contributed by atoms with Crippen molar-refractivity contribution in [3.05, 3.63) is 101 Å². The molecule has 0 aliphatic rings. The van der Waals surface area contributed by atoms with E-state index in [1.807, 2.05) is 0 Å². The number of carbonyl (C=O) groups excluding carboxylic acids is 2. The smallest absolute Gasteiger partial charge is 1.00 e. The fourth-order valence-electron chi connectivity index (χ4n) is 2.89. The molecule has 33 heavy (non-hydrogen) atoms. The van der Waals surface area contributed by atoms with Gasteiger partial charge in [-0.1, -0.05) is 54.6 Å². The Kier molecular flexibility index (Phi) is 9.35. The van der Waals surface area contributed by atoms with Crippen molar-refractivity contribution in [1.82, 2.24) is 0 Å².